The van der Waals surface area contributed by atoms with Crippen molar-refractivity contribution in [1.82, 2.24) is 15.2 Å². The molecule has 0 unspecified atom stereocenters. The number of hydrogen-bond donors (Lipinski definition) is 2. The lowest BCUT2D eigenvalue weighted by molar-refractivity contribution is 1.10. The van der Waals surface area contributed by atoms with Crippen LogP contribution in [0, 0.1) is 0 Å². The minimum absolute atomic E-state index is 0.260. The summed E-state index contributed by atoms with van der Waals surface area (Å²) in [5.74, 6) is 0.947. The number of aromatic nitrogens is 3. The van der Waals surface area contributed by atoms with E-state index >= 15 is 0 Å². The summed E-state index contributed by atoms with van der Waals surface area (Å²) in [6, 6.07) is 12.3. The third-order valence-electron chi connectivity index (χ3n) is 2.58. The van der Waals surface area contributed by atoms with Crippen LogP contribution in [0.25, 0.3) is 22.2 Å². The van der Waals surface area contributed by atoms with Gasteiger partial charge in [-0.15, -0.1) is 5.10 Å². The number of fused-ring (bicyclic) bond motifs is 1. The van der Waals surface area contributed by atoms with E-state index in [-0.39, 0.29) is 5.95 Å². The van der Waals surface area contributed by atoms with E-state index in [1.807, 2.05) is 18.2 Å². The molecule has 17 heavy (non-hydrogen) atoms. The fourth-order valence-corrected chi connectivity index (χ4v) is 2.15. The summed E-state index contributed by atoms with van der Waals surface area (Å²) in [7, 11) is 0. The van der Waals surface area contributed by atoms with Crippen molar-refractivity contribution in [2.45, 2.75) is 0 Å². The quantitative estimate of drug-likeness (QED) is 0.723. The average Bonchev–Trinajstić information content (AvgIpc) is 2.75. The van der Waals surface area contributed by atoms with Gasteiger partial charge in [-0.1, -0.05) is 34.1 Å². The molecule has 0 aliphatic heterocycles. The monoisotopic (exact) mass is 288 g/mol. The molecule has 1 heterocycles. The minimum Gasteiger partial charge on any atom is -0.366 e. The number of rotatable bonds is 1. The van der Waals surface area contributed by atoms with Crippen LogP contribution in [0.15, 0.2) is 40.9 Å². The Bertz CT molecular complexity index is 690. The Balaban J connectivity index is 2.16. The number of aromatic amines is 1. The molecule has 0 fully saturated rings. The van der Waals surface area contributed by atoms with Gasteiger partial charge < -0.3 is 5.73 Å². The second-order valence-electron chi connectivity index (χ2n) is 3.75. The van der Waals surface area contributed by atoms with Gasteiger partial charge in [0, 0.05) is 10.0 Å². The van der Waals surface area contributed by atoms with Crippen LogP contribution in [0.5, 0.6) is 0 Å². The molecule has 0 aliphatic carbocycles. The van der Waals surface area contributed by atoms with Crippen LogP contribution in [0.1, 0.15) is 0 Å². The van der Waals surface area contributed by atoms with Crippen LogP contribution in [-0.4, -0.2) is 15.2 Å². The summed E-state index contributed by atoms with van der Waals surface area (Å²) in [5, 5.41) is 8.95. The van der Waals surface area contributed by atoms with Gasteiger partial charge in [0.05, 0.1) is 0 Å². The maximum Gasteiger partial charge on any atom is 0.239 e. The van der Waals surface area contributed by atoms with Crippen LogP contribution >= 0.6 is 15.9 Å². The molecule has 0 saturated heterocycles. The van der Waals surface area contributed by atoms with Crippen molar-refractivity contribution >= 4 is 32.7 Å². The first-order valence-corrected chi connectivity index (χ1v) is 5.89. The van der Waals surface area contributed by atoms with Crippen LogP contribution < -0.4 is 5.73 Å². The molecule has 84 valence electrons. The van der Waals surface area contributed by atoms with Gasteiger partial charge in [0.2, 0.25) is 5.95 Å². The van der Waals surface area contributed by atoms with Crippen molar-refractivity contribution in [2.24, 2.45) is 0 Å². The molecule has 0 amide bonds. The van der Waals surface area contributed by atoms with Crippen molar-refractivity contribution in [3.8, 4) is 11.4 Å². The average molecular weight is 289 g/mol. The van der Waals surface area contributed by atoms with Crippen molar-refractivity contribution < 1.29 is 0 Å². The van der Waals surface area contributed by atoms with Gasteiger partial charge in [0.15, 0.2) is 5.82 Å². The van der Waals surface area contributed by atoms with Crippen LogP contribution in [0.2, 0.25) is 0 Å². The van der Waals surface area contributed by atoms with E-state index in [9.17, 15) is 0 Å². The van der Waals surface area contributed by atoms with Gasteiger partial charge in [0.1, 0.15) is 0 Å². The third-order valence-corrected chi connectivity index (χ3v) is 3.07. The summed E-state index contributed by atoms with van der Waals surface area (Å²) in [4.78, 5) is 4.11. The van der Waals surface area contributed by atoms with Crippen LogP contribution in [0.3, 0.4) is 0 Å². The van der Waals surface area contributed by atoms with E-state index in [1.54, 1.807) is 0 Å². The number of nitrogens with one attached hydrogen (secondary N) is 1. The summed E-state index contributed by atoms with van der Waals surface area (Å²) >= 11 is 3.45. The molecule has 0 saturated carbocycles. The normalized spacial score (nSPS) is 10.9. The molecule has 3 N–H and O–H groups in total. The second kappa shape index (κ2) is 3.85. The van der Waals surface area contributed by atoms with E-state index in [0.29, 0.717) is 5.82 Å². The van der Waals surface area contributed by atoms with E-state index in [4.69, 9.17) is 5.73 Å². The Morgan fingerprint density at radius 2 is 1.82 bits per heavy atom. The zero-order chi connectivity index (χ0) is 11.8. The van der Waals surface area contributed by atoms with Crippen molar-refractivity contribution in [3.05, 3.63) is 40.9 Å². The molecule has 0 atom stereocenters. The van der Waals surface area contributed by atoms with Gasteiger partial charge in [-0.3, -0.25) is 5.10 Å². The predicted molar refractivity (Wildman–Crippen MR) is 71.4 cm³/mol. The maximum atomic E-state index is 5.49. The van der Waals surface area contributed by atoms with E-state index in [0.717, 1.165) is 15.4 Å². The highest BCUT2D eigenvalue weighted by atomic mass is 79.9. The molecule has 3 aromatic rings. The first-order valence-electron chi connectivity index (χ1n) is 5.10. The Labute approximate surface area is 106 Å². The fourth-order valence-electron chi connectivity index (χ4n) is 1.77. The van der Waals surface area contributed by atoms with E-state index in [1.165, 1.54) is 5.39 Å². The molecule has 3 rings (SSSR count). The molecular weight excluding hydrogens is 280 g/mol. The smallest absolute Gasteiger partial charge is 0.239 e. The summed E-state index contributed by atoms with van der Waals surface area (Å²) in [6.07, 6.45) is 0. The fraction of sp³-hybridized carbons (Fsp3) is 0. The Hall–Kier alpha value is -1.88. The lowest BCUT2D eigenvalue weighted by Gasteiger charge is -2.01. The van der Waals surface area contributed by atoms with Gasteiger partial charge in [-0.25, -0.2) is 0 Å². The third kappa shape index (κ3) is 1.89. The lowest BCUT2D eigenvalue weighted by atomic mass is 10.1. The molecule has 0 spiro atoms. The topological polar surface area (TPSA) is 67.6 Å². The Morgan fingerprint density at radius 1 is 1.06 bits per heavy atom. The highest BCUT2D eigenvalue weighted by Gasteiger charge is 2.04. The lowest BCUT2D eigenvalue weighted by Crippen LogP contribution is -1.85. The zero-order valence-electron chi connectivity index (χ0n) is 8.81. The number of H-pyrrole nitrogens is 1. The molecule has 4 nitrogen and oxygen atoms in total. The number of hydrogen-bond acceptors (Lipinski definition) is 3. The van der Waals surface area contributed by atoms with Gasteiger partial charge in [-0.2, -0.15) is 4.98 Å². The Kier molecular flexibility index (Phi) is 2.33. The van der Waals surface area contributed by atoms with E-state index < -0.39 is 0 Å². The summed E-state index contributed by atoms with van der Waals surface area (Å²) in [5.41, 5.74) is 6.46. The highest BCUT2D eigenvalue weighted by molar-refractivity contribution is 9.10. The molecule has 5 heteroatoms. The standard InChI is InChI=1S/C12H9BrN4/c13-10-4-3-7-5-9(2-1-8(7)6-10)11-15-12(14)17-16-11/h1-6H,(H3,14,15,16,17). The summed E-state index contributed by atoms with van der Waals surface area (Å²) in [6.45, 7) is 0. The molecule has 0 radical (unpaired) electrons. The number of nitrogens with zero attached hydrogens (tertiary/aromatic N) is 2. The molecule has 2 aromatic carbocycles. The molecule has 0 bridgehead atoms. The largest absolute Gasteiger partial charge is 0.366 e. The van der Waals surface area contributed by atoms with Gasteiger partial charge >= 0.3 is 0 Å². The van der Waals surface area contributed by atoms with E-state index in [2.05, 4.69) is 49.3 Å². The zero-order valence-corrected chi connectivity index (χ0v) is 10.4. The SMILES string of the molecule is Nc1n[nH]c(-c2ccc3cc(Br)ccc3c2)n1. The first-order chi connectivity index (χ1) is 8.22. The maximum absolute atomic E-state index is 5.49. The van der Waals surface area contributed by atoms with Gasteiger partial charge in [0.25, 0.3) is 0 Å². The second-order valence-corrected chi connectivity index (χ2v) is 4.66. The minimum atomic E-state index is 0.260. The number of benzene rings is 2. The summed E-state index contributed by atoms with van der Waals surface area (Å²) < 4.78 is 1.07. The van der Waals surface area contributed by atoms with Crippen LogP contribution in [0.4, 0.5) is 5.95 Å². The molecular formula is C12H9BrN4. The highest BCUT2D eigenvalue weighted by Crippen LogP contribution is 2.24. The van der Waals surface area contributed by atoms with Crippen molar-refractivity contribution in [1.29, 1.82) is 0 Å². The number of halogens is 1. The predicted octanol–water partition coefficient (Wildman–Crippen LogP) is 2.97. The molecule has 0 aliphatic rings. The van der Waals surface area contributed by atoms with Crippen molar-refractivity contribution in [2.75, 3.05) is 5.73 Å². The number of anilines is 1. The number of nitrogens with two attached hydrogens (primary N) is 1. The number of nitrogen functional groups attached to an aromatic ring is 1. The Morgan fingerprint density at radius 3 is 2.59 bits per heavy atom. The molecule has 1 aromatic heterocycles. The van der Waals surface area contributed by atoms with Crippen molar-refractivity contribution in [3.63, 3.8) is 0 Å². The first kappa shape index (κ1) is 10.3. The van der Waals surface area contributed by atoms with Crippen LogP contribution in [-0.2, 0) is 0 Å². The van der Waals surface area contributed by atoms with Gasteiger partial charge in [-0.05, 0) is 29.0 Å².